The predicted octanol–water partition coefficient (Wildman–Crippen LogP) is 2.65. The number of halogens is 2. The van der Waals surface area contributed by atoms with E-state index in [1.807, 2.05) is 6.92 Å². The van der Waals surface area contributed by atoms with E-state index < -0.39 is 23.4 Å². The highest BCUT2D eigenvalue weighted by Crippen LogP contribution is 2.37. The Morgan fingerprint density at radius 2 is 2.09 bits per heavy atom. The van der Waals surface area contributed by atoms with Crippen LogP contribution >= 0.6 is 0 Å². The van der Waals surface area contributed by atoms with E-state index in [2.05, 4.69) is 15.4 Å². The minimum atomic E-state index is -0.890. The van der Waals surface area contributed by atoms with Gasteiger partial charge in [-0.25, -0.2) is 13.6 Å². The van der Waals surface area contributed by atoms with E-state index in [-0.39, 0.29) is 23.8 Å². The molecule has 0 spiro atoms. The lowest BCUT2D eigenvalue weighted by atomic mass is 9.86. The average Bonchev–Trinajstić information content (AvgIpc) is 2.80. The summed E-state index contributed by atoms with van der Waals surface area (Å²) < 4.78 is 31.7. The first-order valence-corrected chi connectivity index (χ1v) is 7.11. The largest absolute Gasteiger partial charge is 0.491 e. The zero-order valence-electron chi connectivity index (χ0n) is 12.6. The van der Waals surface area contributed by atoms with Crippen molar-refractivity contribution >= 4 is 11.7 Å². The van der Waals surface area contributed by atoms with E-state index in [4.69, 9.17) is 0 Å². The topological polar surface area (TPSA) is 70.6 Å². The molecule has 2 amide bonds. The van der Waals surface area contributed by atoms with Crippen LogP contribution in [0.15, 0.2) is 12.1 Å². The van der Waals surface area contributed by atoms with Gasteiger partial charge in [0.1, 0.15) is 0 Å². The number of benzene rings is 1. The molecule has 122 valence electrons. The molecule has 1 saturated carbocycles. The Kier molecular flexibility index (Phi) is 4.85. The molecule has 0 radical (unpaired) electrons. The summed E-state index contributed by atoms with van der Waals surface area (Å²) >= 11 is 0. The molecule has 1 aromatic carbocycles. The molecule has 22 heavy (non-hydrogen) atoms. The summed E-state index contributed by atoms with van der Waals surface area (Å²) in [6.45, 7) is 1.88. The fraction of sp³-hybridized carbons (Fsp3) is 0.533. The van der Waals surface area contributed by atoms with Crippen molar-refractivity contribution in [3.63, 3.8) is 0 Å². The summed E-state index contributed by atoms with van der Waals surface area (Å²) in [5, 5.41) is 14.6. The van der Waals surface area contributed by atoms with Crippen LogP contribution in [0.1, 0.15) is 26.2 Å². The number of carbonyl (C=O) groups excluding carboxylic acids is 1. The Morgan fingerprint density at radius 3 is 2.64 bits per heavy atom. The Morgan fingerprint density at radius 1 is 1.45 bits per heavy atom. The van der Waals surface area contributed by atoms with Crippen molar-refractivity contribution in [1.82, 2.24) is 5.32 Å². The van der Waals surface area contributed by atoms with E-state index in [0.717, 1.165) is 38.5 Å². The molecule has 2 rings (SSSR count). The number of urea groups is 1. The molecule has 0 aromatic heterocycles. The second-order valence-corrected chi connectivity index (χ2v) is 5.83. The number of amides is 2. The lowest BCUT2D eigenvalue weighted by Gasteiger charge is -2.30. The monoisotopic (exact) mass is 314 g/mol. The van der Waals surface area contributed by atoms with Crippen molar-refractivity contribution in [2.24, 2.45) is 5.41 Å². The quantitative estimate of drug-likeness (QED) is 0.800. The van der Waals surface area contributed by atoms with Gasteiger partial charge in [-0.1, -0.05) is 13.3 Å². The number of aliphatic hydroxyl groups excluding tert-OH is 1. The maximum absolute atomic E-state index is 13.6. The molecule has 0 heterocycles. The number of ether oxygens (including phenoxy) is 1. The van der Waals surface area contributed by atoms with Crippen molar-refractivity contribution in [1.29, 1.82) is 0 Å². The number of methoxy groups -OCH3 is 1. The Labute approximate surface area is 127 Å². The van der Waals surface area contributed by atoms with Crippen molar-refractivity contribution < 1.29 is 23.4 Å². The van der Waals surface area contributed by atoms with E-state index >= 15 is 0 Å². The summed E-state index contributed by atoms with van der Waals surface area (Å²) in [5.74, 6) is -2.27. The highest BCUT2D eigenvalue weighted by atomic mass is 19.1. The van der Waals surface area contributed by atoms with Gasteiger partial charge < -0.3 is 20.5 Å². The first-order valence-electron chi connectivity index (χ1n) is 7.11. The van der Waals surface area contributed by atoms with E-state index in [1.54, 1.807) is 0 Å². The highest BCUT2D eigenvalue weighted by Gasteiger charge is 2.39. The van der Waals surface area contributed by atoms with Gasteiger partial charge >= 0.3 is 6.03 Å². The number of nitrogens with one attached hydrogen (secondary N) is 2. The first-order chi connectivity index (χ1) is 10.4. The van der Waals surface area contributed by atoms with Crippen molar-refractivity contribution in [2.75, 3.05) is 19.0 Å². The third-order valence-corrected chi connectivity index (χ3v) is 4.21. The fourth-order valence-corrected chi connectivity index (χ4v) is 2.82. The molecule has 3 N–H and O–H groups in total. The summed E-state index contributed by atoms with van der Waals surface area (Å²) in [7, 11) is 1.16. The lowest BCUT2D eigenvalue weighted by molar-refractivity contribution is 0.122. The van der Waals surface area contributed by atoms with Gasteiger partial charge in [-0.15, -0.1) is 0 Å². The Balaban J connectivity index is 2.04. The smallest absolute Gasteiger partial charge is 0.319 e. The van der Waals surface area contributed by atoms with Crippen LogP contribution in [-0.4, -0.2) is 30.9 Å². The summed E-state index contributed by atoms with van der Waals surface area (Å²) in [6.07, 6.45) is 2.49. The Bertz CT molecular complexity index is 545. The predicted molar refractivity (Wildman–Crippen MR) is 77.9 cm³/mol. The van der Waals surface area contributed by atoms with Crippen LogP contribution in [-0.2, 0) is 0 Å². The molecule has 5 nitrogen and oxygen atoms in total. The van der Waals surface area contributed by atoms with Crippen molar-refractivity contribution in [3.8, 4) is 5.75 Å². The molecule has 1 aliphatic rings. The second kappa shape index (κ2) is 6.48. The van der Waals surface area contributed by atoms with Gasteiger partial charge in [-0.05, 0) is 12.8 Å². The van der Waals surface area contributed by atoms with Crippen LogP contribution in [0, 0.1) is 17.0 Å². The summed E-state index contributed by atoms with van der Waals surface area (Å²) in [6, 6.07) is 1.24. The Hall–Kier alpha value is -1.89. The lowest BCUT2D eigenvalue weighted by Crippen LogP contribution is -2.46. The van der Waals surface area contributed by atoms with Crippen molar-refractivity contribution in [2.45, 2.75) is 32.2 Å². The van der Waals surface area contributed by atoms with Gasteiger partial charge in [-0.3, -0.25) is 0 Å². The summed E-state index contributed by atoms with van der Waals surface area (Å²) in [4.78, 5) is 12.0. The van der Waals surface area contributed by atoms with Crippen LogP contribution < -0.4 is 15.4 Å². The molecule has 0 saturated heterocycles. The van der Waals surface area contributed by atoms with Crippen LogP contribution in [0.25, 0.3) is 0 Å². The summed E-state index contributed by atoms with van der Waals surface area (Å²) in [5.41, 5.74) is -0.370. The van der Waals surface area contributed by atoms with E-state index in [1.165, 1.54) is 0 Å². The van der Waals surface area contributed by atoms with E-state index in [0.29, 0.717) is 0 Å². The molecule has 1 aromatic rings. The minimum Gasteiger partial charge on any atom is -0.491 e. The molecular weight excluding hydrogens is 294 g/mol. The van der Waals surface area contributed by atoms with Gasteiger partial charge in [0.05, 0.1) is 13.7 Å². The number of anilines is 1. The molecular formula is C15H20F2N2O3. The van der Waals surface area contributed by atoms with Crippen molar-refractivity contribution in [3.05, 3.63) is 23.8 Å². The SMILES string of the molecule is COc1c(F)cc(NC(=O)NC2CCCC2(C)CO)cc1F. The van der Waals surface area contributed by atoms with Crippen LogP contribution in [0.5, 0.6) is 5.75 Å². The molecule has 1 fully saturated rings. The molecule has 0 aliphatic heterocycles. The van der Waals surface area contributed by atoms with Gasteiger partial charge in [0.25, 0.3) is 0 Å². The van der Waals surface area contributed by atoms with Gasteiger partial charge in [0.2, 0.25) is 0 Å². The number of hydrogen-bond donors (Lipinski definition) is 3. The number of hydrogen-bond acceptors (Lipinski definition) is 3. The third-order valence-electron chi connectivity index (χ3n) is 4.21. The molecule has 2 atom stereocenters. The number of carbonyl (C=O) groups is 1. The highest BCUT2D eigenvalue weighted by molar-refractivity contribution is 5.89. The van der Waals surface area contributed by atoms with Crippen LogP contribution in [0.2, 0.25) is 0 Å². The maximum Gasteiger partial charge on any atom is 0.319 e. The van der Waals surface area contributed by atoms with Gasteiger partial charge in [0, 0.05) is 29.3 Å². The van der Waals surface area contributed by atoms with Gasteiger partial charge in [0.15, 0.2) is 17.4 Å². The third kappa shape index (κ3) is 3.30. The normalized spacial score (nSPS) is 24.1. The first kappa shape index (κ1) is 16.5. The number of aliphatic hydroxyl groups is 1. The average molecular weight is 314 g/mol. The molecule has 0 bridgehead atoms. The van der Waals surface area contributed by atoms with Crippen LogP contribution in [0.3, 0.4) is 0 Å². The molecule has 7 heteroatoms. The second-order valence-electron chi connectivity index (χ2n) is 5.83. The number of rotatable bonds is 4. The van der Waals surface area contributed by atoms with Crippen LogP contribution in [0.4, 0.5) is 19.3 Å². The molecule has 1 aliphatic carbocycles. The standard InChI is InChI=1S/C15H20F2N2O3/c1-15(8-20)5-3-4-12(15)19-14(21)18-9-6-10(16)13(22-2)11(17)7-9/h6-7,12,20H,3-5,8H2,1-2H3,(H2,18,19,21). The maximum atomic E-state index is 13.6. The van der Waals surface area contributed by atoms with Gasteiger partial charge in [-0.2, -0.15) is 0 Å². The fourth-order valence-electron chi connectivity index (χ4n) is 2.82. The zero-order chi connectivity index (χ0) is 16.3. The zero-order valence-corrected chi connectivity index (χ0v) is 12.6. The molecule has 2 unspecified atom stereocenters. The minimum absolute atomic E-state index is 0.00278. The van der Waals surface area contributed by atoms with E-state index in [9.17, 15) is 18.7 Å².